The van der Waals surface area contributed by atoms with Crippen molar-refractivity contribution in [2.45, 2.75) is 32.9 Å². The van der Waals surface area contributed by atoms with Gasteiger partial charge >= 0.3 is 5.97 Å². The van der Waals surface area contributed by atoms with Crippen molar-refractivity contribution in [3.8, 4) is 17.1 Å². The first-order chi connectivity index (χ1) is 9.47. The maximum absolute atomic E-state index is 11.6. The molecule has 1 aliphatic rings. The Balaban J connectivity index is 2.21. The number of hydrogen-bond acceptors (Lipinski definition) is 4. The molecule has 0 bridgehead atoms. The van der Waals surface area contributed by atoms with Gasteiger partial charge in [-0.15, -0.1) is 0 Å². The molecule has 1 atom stereocenters. The Morgan fingerprint density at radius 1 is 1.50 bits per heavy atom. The van der Waals surface area contributed by atoms with Crippen LogP contribution in [0.1, 0.15) is 29.4 Å². The lowest BCUT2D eigenvalue weighted by Crippen LogP contribution is -2.24. The zero-order valence-corrected chi connectivity index (χ0v) is 11.6. The minimum atomic E-state index is -1.03. The summed E-state index contributed by atoms with van der Waals surface area (Å²) in [5.41, 5.74) is 2.02. The molecule has 20 heavy (non-hydrogen) atoms. The summed E-state index contributed by atoms with van der Waals surface area (Å²) in [6.45, 7) is 4.43. The number of aryl methyl sites for hydroxylation is 3. The molecule has 0 fully saturated rings. The van der Waals surface area contributed by atoms with Crippen molar-refractivity contribution in [1.29, 1.82) is 0 Å². The predicted octanol–water partition coefficient (Wildman–Crippen LogP) is 1.46. The third-order valence-electron chi connectivity index (χ3n) is 3.45. The molecular formula is C13H16N4O3. The average Bonchev–Trinajstić information content (AvgIpc) is 2.88. The highest BCUT2D eigenvalue weighted by molar-refractivity contribution is 5.97. The number of rotatable bonds is 2. The van der Waals surface area contributed by atoms with E-state index in [2.05, 4.69) is 10.2 Å². The van der Waals surface area contributed by atoms with E-state index in [-0.39, 0.29) is 11.7 Å². The molecule has 0 radical (unpaired) electrons. The molecule has 0 saturated heterocycles. The number of hydrogen-bond donors (Lipinski definition) is 1. The van der Waals surface area contributed by atoms with Crippen molar-refractivity contribution in [3.63, 3.8) is 0 Å². The van der Waals surface area contributed by atoms with Gasteiger partial charge in [0, 0.05) is 31.8 Å². The van der Waals surface area contributed by atoms with Crippen LogP contribution in [-0.2, 0) is 13.6 Å². The molecular weight excluding hydrogens is 260 g/mol. The van der Waals surface area contributed by atoms with Crippen LogP contribution in [-0.4, -0.2) is 36.7 Å². The fourth-order valence-electron chi connectivity index (χ4n) is 2.48. The van der Waals surface area contributed by atoms with E-state index >= 15 is 0 Å². The second-order valence-corrected chi connectivity index (χ2v) is 5.08. The Kier molecular flexibility index (Phi) is 2.77. The average molecular weight is 276 g/mol. The van der Waals surface area contributed by atoms with Gasteiger partial charge in [-0.1, -0.05) is 0 Å². The van der Waals surface area contributed by atoms with Gasteiger partial charge in [-0.3, -0.25) is 4.68 Å². The van der Waals surface area contributed by atoms with Gasteiger partial charge in [0.25, 0.3) is 0 Å². The van der Waals surface area contributed by atoms with Gasteiger partial charge in [0.05, 0.1) is 11.8 Å². The lowest BCUT2D eigenvalue weighted by atomic mass is 10.1. The second kappa shape index (κ2) is 4.36. The molecule has 3 rings (SSSR count). The summed E-state index contributed by atoms with van der Waals surface area (Å²) in [6.07, 6.45) is 2.60. The third kappa shape index (κ3) is 1.86. The third-order valence-corrected chi connectivity index (χ3v) is 3.45. The zero-order valence-electron chi connectivity index (χ0n) is 11.6. The highest BCUT2D eigenvalue weighted by Gasteiger charge is 2.30. The zero-order chi connectivity index (χ0) is 14.4. The maximum atomic E-state index is 11.6. The number of fused-ring (bicyclic) bond motifs is 1. The van der Waals surface area contributed by atoms with Crippen LogP contribution in [0.3, 0.4) is 0 Å². The summed E-state index contributed by atoms with van der Waals surface area (Å²) in [4.78, 5) is 11.6. The van der Waals surface area contributed by atoms with E-state index in [0.29, 0.717) is 18.1 Å². The number of carbonyl (C=O) groups is 1. The topological polar surface area (TPSA) is 82.2 Å². The maximum Gasteiger partial charge on any atom is 0.343 e. The Morgan fingerprint density at radius 3 is 2.85 bits per heavy atom. The largest absolute Gasteiger partial charge is 0.477 e. The Hall–Kier alpha value is -2.31. The first-order valence-electron chi connectivity index (χ1n) is 6.48. The Morgan fingerprint density at radius 2 is 2.25 bits per heavy atom. The molecule has 0 saturated carbocycles. The van der Waals surface area contributed by atoms with Crippen LogP contribution < -0.4 is 4.74 Å². The Bertz CT molecular complexity index is 686. The molecule has 7 nitrogen and oxygen atoms in total. The molecule has 106 valence electrons. The molecule has 0 unspecified atom stereocenters. The molecule has 0 aliphatic carbocycles. The summed E-state index contributed by atoms with van der Waals surface area (Å²) in [6, 6.07) is 0. The minimum absolute atomic E-state index is 0.000135. The van der Waals surface area contributed by atoms with Gasteiger partial charge in [0.15, 0.2) is 0 Å². The summed E-state index contributed by atoms with van der Waals surface area (Å²) >= 11 is 0. The van der Waals surface area contributed by atoms with Crippen molar-refractivity contribution >= 4 is 5.97 Å². The van der Waals surface area contributed by atoms with Crippen LogP contribution in [0.25, 0.3) is 11.3 Å². The van der Waals surface area contributed by atoms with Crippen molar-refractivity contribution < 1.29 is 14.6 Å². The highest BCUT2D eigenvalue weighted by atomic mass is 16.5. The lowest BCUT2D eigenvalue weighted by molar-refractivity contribution is 0.0684. The molecule has 0 aromatic carbocycles. The highest BCUT2D eigenvalue weighted by Crippen LogP contribution is 2.34. The van der Waals surface area contributed by atoms with Gasteiger partial charge in [-0.2, -0.15) is 10.2 Å². The second-order valence-electron chi connectivity index (χ2n) is 5.08. The molecule has 0 amide bonds. The quantitative estimate of drug-likeness (QED) is 0.898. The lowest BCUT2D eigenvalue weighted by Gasteiger charge is -2.21. The minimum Gasteiger partial charge on any atom is -0.477 e. The Labute approximate surface area is 115 Å². The summed E-state index contributed by atoms with van der Waals surface area (Å²) in [5, 5.41) is 18.1. The van der Waals surface area contributed by atoms with E-state index in [1.807, 2.05) is 13.8 Å². The standard InChI is InChI=1S/C13H16N4O3/c1-7-4-5-17-12(20-7)10(13(18)19)11(15-17)9-6-16(3)14-8(9)2/h6-7H,4-5H2,1-3H3,(H,18,19)/t7-/m1/s1. The molecule has 2 aromatic heterocycles. The first-order valence-corrected chi connectivity index (χ1v) is 6.48. The van der Waals surface area contributed by atoms with Crippen LogP contribution in [0.5, 0.6) is 5.88 Å². The molecule has 1 N–H and O–H groups in total. The number of carboxylic acid groups (broad SMARTS) is 1. The summed E-state index contributed by atoms with van der Waals surface area (Å²) in [5.74, 6) is -0.687. The van der Waals surface area contributed by atoms with Crippen LogP contribution >= 0.6 is 0 Å². The van der Waals surface area contributed by atoms with Crippen LogP contribution in [0.15, 0.2) is 6.20 Å². The van der Waals surface area contributed by atoms with E-state index in [1.54, 1.807) is 22.6 Å². The number of ether oxygens (including phenoxy) is 1. The van der Waals surface area contributed by atoms with Crippen molar-refractivity contribution in [1.82, 2.24) is 19.6 Å². The normalized spacial score (nSPS) is 17.6. The van der Waals surface area contributed by atoms with E-state index < -0.39 is 5.97 Å². The van der Waals surface area contributed by atoms with Gasteiger partial charge in [-0.05, 0) is 13.8 Å². The molecule has 2 aromatic rings. The summed E-state index contributed by atoms with van der Waals surface area (Å²) in [7, 11) is 1.80. The van der Waals surface area contributed by atoms with E-state index in [1.165, 1.54) is 0 Å². The van der Waals surface area contributed by atoms with Gasteiger partial charge in [-0.25, -0.2) is 9.48 Å². The molecule has 3 heterocycles. The molecule has 1 aliphatic heterocycles. The smallest absolute Gasteiger partial charge is 0.343 e. The van der Waals surface area contributed by atoms with Gasteiger partial charge in [0.2, 0.25) is 5.88 Å². The van der Waals surface area contributed by atoms with Crippen LogP contribution in [0.2, 0.25) is 0 Å². The van der Waals surface area contributed by atoms with Gasteiger partial charge in [0.1, 0.15) is 11.3 Å². The van der Waals surface area contributed by atoms with Crippen molar-refractivity contribution in [2.24, 2.45) is 7.05 Å². The van der Waals surface area contributed by atoms with Crippen LogP contribution in [0, 0.1) is 6.92 Å². The van der Waals surface area contributed by atoms with Gasteiger partial charge < -0.3 is 9.84 Å². The van der Waals surface area contributed by atoms with E-state index in [9.17, 15) is 9.90 Å². The number of nitrogens with zero attached hydrogens (tertiary/aromatic N) is 4. The van der Waals surface area contributed by atoms with Crippen molar-refractivity contribution in [3.05, 3.63) is 17.5 Å². The van der Waals surface area contributed by atoms with E-state index in [0.717, 1.165) is 17.7 Å². The number of aromatic nitrogens is 4. The first kappa shape index (κ1) is 12.7. The SMILES string of the molecule is Cc1nn(C)cc1-c1nn2c(c1C(=O)O)O[C@H](C)CC2. The summed E-state index contributed by atoms with van der Waals surface area (Å²) < 4.78 is 8.95. The van der Waals surface area contributed by atoms with Crippen LogP contribution in [0.4, 0.5) is 0 Å². The molecule has 7 heteroatoms. The fourth-order valence-corrected chi connectivity index (χ4v) is 2.48. The van der Waals surface area contributed by atoms with E-state index in [4.69, 9.17) is 4.74 Å². The molecule has 0 spiro atoms. The fraction of sp³-hybridized carbons (Fsp3) is 0.462. The van der Waals surface area contributed by atoms with Crippen molar-refractivity contribution in [2.75, 3.05) is 0 Å². The number of aromatic carboxylic acids is 1. The number of carboxylic acids is 1. The predicted molar refractivity (Wildman–Crippen MR) is 70.8 cm³/mol. The monoisotopic (exact) mass is 276 g/mol.